The highest BCUT2D eigenvalue weighted by atomic mass is 32.1. The van der Waals surface area contributed by atoms with Crippen molar-refractivity contribution in [1.29, 1.82) is 5.41 Å². The molecule has 0 bridgehead atoms. The van der Waals surface area contributed by atoms with Crippen molar-refractivity contribution in [2.75, 3.05) is 18.5 Å². The fraction of sp³-hybridized carbons (Fsp3) is 0.500. The third-order valence-electron chi connectivity index (χ3n) is 2.90. The van der Waals surface area contributed by atoms with E-state index in [4.69, 9.17) is 15.3 Å². The first-order chi connectivity index (χ1) is 8.58. The van der Waals surface area contributed by atoms with Gasteiger partial charge in [-0.1, -0.05) is 0 Å². The Morgan fingerprint density at radius 1 is 1.56 bits per heavy atom. The van der Waals surface area contributed by atoms with Crippen LogP contribution in [0.5, 0.6) is 0 Å². The number of anilines is 1. The van der Waals surface area contributed by atoms with Gasteiger partial charge in [-0.3, -0.25) is 0 Å². The van der Waals surface area contributed by atoms with E-state index in [0.717, 1.165) is 31.1 Å². The molecule has 0 atom stereocenters. The predicted octanol–water partition coefficient (Wildman–Crippen LogP) is 2.42. The Morgan fingerprint density at radius 3 is 2.78 bits per heavy atom. The van der Waals surface area contributed by atoms with Crippen LogP contribution < -0.4 is 5.32 Å². The third-order valence-corrected chi connectivity index (χ3v) is 3.96. The van der Waals surface area contributed by atoms with Crippen LogP contribution in [-0.2, 0) is 4.74 Å². The van der Waals surface area contributed by atoms with Gasteiger partial charge in [-0.2, -0.15) is 0 Å². The van der Waals surface area contributed by atoms with Gasteiger partial charge in [0.05, 0.1) is 5.00 Å². The monoisotopic (exact) mass is 268 g/mol. The summed E-state index contributed by atoms with van der Waals surface area (Å²) >= 11 is 1.20. The molecule has 98 valence electrons. The molecule has 2 heterocycles. The Kier molecular flexibility index (Phi) is 3.98. The van der Waals surface area contributed by atoms with Crippen LogP contribution in [0.3, 0.4) is 0 Å². The average Bonchev–Trinajstić information content (AvgIpc) is 2.74. The van der Waals surface area contributed by atoms with Gasteiger partial charge in [0.2, 0.25) is 0 Å². The van der Waals surface area contributed by atoms with Crippen LogP contribution in [-0.4, -0.2) is 36.0 Å². The van der Waals surface area contributed by atoms with Crippen LogP contribution in [0.2, 0.25) is 0 Å². The first kappa shape index (κ1) is 13.0. The fourth-order valence-corrected chi connectivity index (χ4v) is 2.94. The molecule has 1 aromatic rings. The van der Waals surface area contributed by atoms with Gasteiger partial charge < -0.3 is 20.6 Å². The first-order valence-corrected chi connectivity index (χ1v) is 6.66. The van der Waals surface area contributed by atoms with Crippen LogP contribution in [0.1, 0.15) is 35.0 Å². The Morgan fingerprint density at radius 2 is 2.22 bits per heavy atom. The minimum absolute atomic E-state index is 0.270. The number of rotatable bonds is 4. The molecule has 0 saturated carbocycles. The summed E-state index contributed by atoms with van der Waals surface area (Å²) in [6, 6.07) is 1.87. The lowest BCUT2D eigenvalue weighted by molar-refractivity contribution is 0.0702. The van der Waals surface area contributed by atoms with Crippen molar-refractivity contribution >= 4 is 28.0 Å². The highest BCUT2D eigenvalue weighted by molar-refractivity contribution is 7.18. The molecule has 0 radical (unpaired) electrons. The molecule has 0 aliphatic carbocycles. The molecule has 0 amide bonds. The van der Waals surface area contributed by atoms with Crippen LogP contribution in [0.15, 0.2) is 6.07 Å². The summed E-state index contributed by atoms with van der Waals surface area (Å²) in [4.78, 5) is 11.2. The van der Waals surface area contributed by atoms with Gasteiger partial charge in [0, 0.05) is 30.5 Å². The maximum absolute atomic E-state index is 11.0. The largest absolute Gasteiger partial charge is 0.477 e. The standard InChI is InChI=1S/C12H16N2O3S/c1-7(13)9-6-10(12(15)16)18-11(9)14-8-2-4-17-5-3-8/h6,8,13-14H,2-5H2,1H3,(H,15,16). The predicted molar refractivity (Wildman–Crippen MR) is 71.2 cm³/mol. The molecule has 2 rings (SSSR count). The molecule has 18 heavy (non-hydrogen) atoms. The zero-order valence-corrected chi connectivity index (χ0v) is 11.0. The number of hydrogen-bond donors (Lipinski definition) is 3. The van der Waals surface area contributed by atoms with Crippen molar-refractivity contribution in [3.63, 3.8) is 0 Å². The van der Waals surface area contributed by atoms with E-state index < -0.39 is 5.97 Å². The maximum atomic E-state index is 11.0. The summed E-state index contributed by atoms with van der Waals surface area (Å²) in [7, 11) is 0. The molecule has 3 N–H and O–H groups in total. The average molecular weight is 268 g/mol. The summed E-state index contributed by atoms with van der Waals surface area (Å²) in [6.07, 6.45) is 1.83. The van der Waals surface area contributed by atoms with E-state index in [1.807, 2.05) is 0 Å². The van der Waals surface area contributed by atoms with Crippen molar-refractivity contribution in [2.24, 2.45) is 0 Å². The first-order valence-electron chi connectivity index (χ1n) is 5.85. The summed E-state index contributed by atoms with van der Waals surface area (Å²) < 4.78 is 5.29. The second-order valence-corrected chi connectivity index (χ2v) is 5.37. The SMILES string of the molecule is CC(=N)c1cc(C(=O)O)sc1NC1CCOCC1. The molecule has 5 nitrogen and oxygen atoms in total. The van der Waals surface area contributed by atoms with Crippen molar-refractivity contribution in [3.05, 3.63) is 16.5 Å². The van der Waals surface area contributed by atoms with Crippen LogP contribution in [0.4, 0.5) is 5.00 Å². The minimum atomic E-state index is -0.942. The van der Waals surface area contributed by atoms with E-state index in [1.165, 1.54) is 11.3 Å². The Balaban J connectivity index is 2.19. The second kappa shape index (κ2) is 5.49. The van der Waals surface area contributed by atoms with Crippen LogP contribution >= 0.6 is 11.3 Å². The molecular weight excluding hydrogens is 252 g/mol. The molecule has 1 fully saturated rings. The maximum Gasteiger partial charge on any atom is 0.345 e. The number of carboxylic acids is 1. The lowest BCUT2D eigenvalue weighted by Crippen LogP contribution is -2.27. The van der Waals surface area contributed by atoms with Gasteiger partial charge in [-0.25, -0.2) is 4.79 Å². The number of hydrogen-bond acceptors (Lipinski definition) is 5. The van der Waals surface area contributed by atoms with E-state index in [2.05, 4.69) is 5.32 Å². The van der Waals surface area contributed by atoms with Gasteiger partial charge >= 0.3 is 5.97 Å². The molecule has 1 saturated heterocycles. The smallest absolute Gasteiger partial charge is 0.345 e. The molecule has 1 aliphatic heterocycles. The number of carboxylic acid groups (broad SMARTS) is 1. The van der Waals surface area contributed by atoms with E-state index in [1.54, 1.807) is 13.0 Å². The molecule has 6 heteroatoms. The molecular formula is C12H16N2O3S. The van der Waals surface area contributed by atoms with Crippen LogP contribution in [0, 0.1) is 5.41 Å². The quantitative estimate of drug-likeness (QED) is 0.732. The van der Waals surface area contributed by atoms with E-state index in [9.17, 15) is 4.79 Å². The van der Waals surface area contributed by atoms with Crippen LogP contribution in [0.25, 0.3) is 0 Å². The van der Waals surface area contributed by atoms with E-state index >= 15 is 0 Å². The molecule has 0 aromatic carbocycles. The number of ether oxygens (including phenoxy) is 1. The molecule has 0 unspecified atom stereocenters. The zero-order valence-electron chi connectivity index (χ0n) is 10.2. The van der Waals surface area contributed by atoms with Gasteiger partial charge in [-0.15, -0.1) is 11.3 Å². The highest BCUT2D eigenvalue weighted by Crippen LogP contribution is 2.30. The number of aromatic carboxylic acids is 1. The normalized spacial score (nSPS) is 16.5. The van der Waals surface area contributed by atoms with Crippen molar-refractivity contribution in [2.45, 2.75) is 25.8 Å². The van der Waals surface area contributed by atoms with Crippen molar-refractivity contribution in [1.82, 2.24) is 0 Å². The molecule has 0 spiro atoms. The topological polar surface area (TPSA) is 82.4 Å². The molecule has 1 aromatic heterocycles. The van der Waals surface area contributed by atoms with Gasteiger partial charge in [-0.05, 0) is 25.8 Å². The van der Waals surface area contributed by atoms with Gasteiger partial charge in [0.25, 0.3) is 0 Å². The number of thiophene rings is 1. The van der Waals surface area contributed by atoms with Gasteiger partial charge in [0.15, 0.2) is 0 Å². The summed E-state index contributed by atoms with van der Waals surface area (Å²) in [6.45, 7) is 3.13. The van der Waals surface area contributed by atoms with E-state index in [-0.39, 0.29) is 4.88 Å². The number of carbonyl (C=O) groups is 1. The third kappa shape index (κ3) is 2.88. The summed E-state index contributed by atoms with van der Waals surface area (Å²) in [5.74, 6) is -0.942. The van der Waals surface area contributed by atoms with Crippen molar-refractivity contribution in [3.8, 4) is 0 Å². The fourth-order valence-electron chi connectivity index (χ4n) is 1.91. The highest BCUT2D eigenvalue weighted by Gasteiger charge is 2.19. The number of nitrogens with one attached hydrogen (secondary N) is 2. The lowest BCUT2D eigenvalue weighted by atomic mass is 10.1. The molecule has 1 aliphatic rings. The Hall–Kier alpha value is -1.40. The van der Waals surface area contributed by atoms with Gasteiger partial charge in [0.1, 0.15) is 4.88 Å². The summed E-state index contributed by atoms with van der Waals surface area (Å²) in [5.41, 5.74) is 1.07. The van der Waals surface area contributed by atoms with Crippen molar-refractivity contribution < 1.29 is 14.6 Å². The zero-order chi connectivity index (χ0) is 13.1. The Labute approximate surface area is 109 Å². The minimum Gasteiger partial charge on any atom is -0.477 e. The lowest BCUT2D eigenvalue weighted by Gasteiger charge is -2.23. The Bertz CT molecular complexity index is 464. The van der Waals surface area contributed by atoms with E-state index in [0.29, 0.717) is 17.3 Å². The second-order valence-electron chi connectivity index (χ2n) is 4.31. The summed E-state index contributed by atoms with van der Waals surface area (Å²) in [5, 5.41) is 20.8.